The topological polar surface area (TPSA) is 102 Å². The lowest BCUT2D eigenvalue weighted by atomic mass is 10.1. The van der Waals surface area contributed by atoms with Gasteiger partial charge in [-0.15, -0.1) is 0 Å². The van der Waals surface area contributed by atoms with Gasteiger partial charge in [-0.2, -0.15) is 0 Å². The fourth-order valence-corrected chi connectivity index (χ4v) is 6.84. The number of ether oxygens (including phenoxy) is 3. The van der Waals surface area contributed by atoms with Crippen LogP contribution in [0.2, 0.25) is 0 Å². The molecular weight excluding hydrogens is 787 g/mol. The van der Waals surface area contributed by atoms with Crippen molar-refractivity contribution in [3.63, 3.8) is 0 Å². The monoisotopic (exact) mass is 880 g/mol. The normalized spacial score (nSPS) is 13.6. The van der Waals surface area contributed by atoms with Gasteiger partial charge in [0, 0.05) is 19.3 Å². The Morgan fingerprint density at radius 2 is 0.889 bits per heavy atom. The zero-order valence-electron chi connectivity index (χ0n) is 41.0. The minimum atomic E-state index is -1.14. The number of aliphatic carboxylic acids is 1. The molecule has 0 aliphatic heterocycles. The summed E-state index contributed by atoms with van der Waals surface area (Å²) in [5.74, 6) is -1.82. The van der Waals surface area contributed by atoms with Gasteiger partial charge < -0.3 is 28.6 Å². The summed E-state index contributed by atoms with van der Waals surface area (Å²) in [6.45, 7) is 4.56. The molecule has 2 atom stereocenters. The Morgan fingerprint density at radius 3 is 1.40 bits per heavy atom. The molecule has 63 heavy (non-hydrogen) atoms. The van der Waals surface area contributed by atoms with E-state index >= 15 is 0 Å². The molecule has 0 saturated heterocycles. The Balaban J connectivity index is 4.41. The molecule has 0 aromatic heterocycles. The number of unbranched alkanes of at least 4 members (excludes halogenated alkanes) is 17. The summed E-state index contributed by atoms with van der Waals surface area (Å²) in [6, 6.07) is -0.741. The third-order valence-electron chi connectivity index (χ3n) is 10.8. The van der Waals surface area contributed by atoms with E-state index in [1.54, 1.807) is 21.1 Å². The molecule has 0 aliphatic carbocycles. The van der Waals surface area contributed by atoms with Gasteiger partial charge in [-0.3, -0.25) is 9.59 Å². The van der Waals surface area contributed by atoms with Gasteiger partial charge in [0.25, 0.3) is 0 Å². The van der Waals surface area contributed by atoms with E-state index in [4.69, 9.17) is 14.2 Å². The number of nitrogens with zero attached hydrogens (tertiary/aromatic N) is 1. The van der Waals surface area contributed by atoms with Gasteiger partial charge in [-0.1, -0.05) is 170 Å². The first kappa shape index (κ1) is 59.5. The van der Waals surface area contributed by atoms with Crippen LogP contribution < -0.4 is 5.11 Å². The fraction of sp³-hybridized carbons (Fsp3) is 0.691. The number of hydrogen-bond donors (Lipinski definition) is 0. The van der Waals surface area contributed by atoms with E-state index in [0.717, 1.165) is 83.5 Å². The highest BCUT2D eigenvalue weighted by Gasteiger charge is 2.25. The zero-order chi connectivity index (χ0) is 46.3. The molecule has 0 N–H and O–H groups in total. The Bertz CT molecular complexity index is 1300. The molecule has 0 spiro atoms. The molecule has 360 valence electrons. The maximum atomic E-state index is 12.8. The van der Waals surface area contributed by atoms with Crippen molar-refractivity contribution < 1.29 is 38.2 Å². The van der Waals surface area contributed by atoms with Crippen LogP contribution in [-0.2, 0) is 28.6 Å². The SMILES string of the molecule is CCCCC/C=C/C/C=C/C/C=C/C/C=C/C/C=C/CCCCC(=O)OC(COCCC(C(=O)[O-])[N+](C)(C)C)COC(=O)CCCCCCC/C=C/C=C/CCCCCCCCC. The van der Waals surface area contributed by atoms with Crippen molar-refractivity contribution in [2.45, 2.75) is 206 Å². The lowest BCUT2D eigenvalue weighted by Gasteiger charge is -2.34. The summed E-state index contributed by atoms with van der Waals surface area (Å²) in [4.78, 5) is 37.0. The third-order valence-corrected chi connectivity index (χ3v) is 10.8. The third kappa shape index (κ3) is 43.5. The lowest BCUT2D eigenvalue weighted by molar-refractivity contribution is -0.889. The summed E-state index contributed by atoms with van der Waals surface area (Å²) in [6.07, 6.45) is 59.0. The maximum Gasteiger partial charge on any atom is 0.306 e. The van der Waals surface area contributed by atoms with Crippen molar-refractivity contribution in [1.82, 2.24) is 0 Å². The predicted octanol–water partition coefficient (Wildman–Crippen LogP) is 13.1. The van der Waals surface area contributed by atoms with Gasteiger partial charge in [0.2, 0.25) is 0 Å². The van der Waals surface area contributed by atoms with Crippen LogP contribution in [0, 0.1) is 0 Å². The molecule has 0 bridgehead atoms. The molecule has 0 radical (unpaired) electrons. The van der Waals surface area contributed by atoms with Gasteiger partial charge in [0.05, 0.1) is 40.3 Å². The van der Waals surface area contributed by atoms with E-state index in [1.165, 1.54) is 70.6 Å². The summed E-state index contributed by atoms with van der Waals surface area (Å²) in [5.41, 5.74) is 0. The quantitative estimate of drug-likeness (QED) is 0.0197. The summed E-state index contributed by atoms with van der Waals surface area (Å²) in [7, 11) is 5.39. The average molecular weight is 880 g/mol. The second-order valence-corrected chi connectivity index (χ2v) is 17.7. The van der Waals surface area contributed by atoms with Gasteiger partial charge in [0.15, 0.2) is 6.10 Å². The first-order valence-corrected chi connectivity index (χ1v) is 25.1. The van der Waals surface area contributed by atoms with Crippen molar-refractivity contribution in [2.75, 3.05) is 41.0 Å². The maximum absolute atomic E-state index is 12.8. The number of carboxylic acids is 1. The van der Waals surface area contributed by atoms with Crippen molar-refractivity contribution in [3.05, 3.63) is 85.1 Å². The molecule has 0 rings (SSSR count). The van der Waals surface area contributed by atoms with Crippen LogP contribution in [-0.4, -0.2) is 75.5 Å². The van der Waals surface area contributed by atoms with Crippen LogP contribution in [0.4, 0.5) is 0 Å². The number of likely N-dealkylation sites (N-methyl/N-ethyl adjacent to an activating group) is 1. The molecule has 0 aliphatic rings. The number of carboxylic acid groups (broad SMARTS) is 1. The van der Waals surface area contributed by atoms with E-state index in [-0.39, 0.29) is 49.1 Å². The second kappa shape index (κ2) is 45.1. The van der Waals surface area contributed by atoms with Gasteiger partial charge in [-0.05, 0) is 89.9 Å². The molecule has 0 aromatic rings. The number of esters is 2. The van der Waals surface area contributed by atoms with E-state index in [1.807, 2.05) is 0 Å². The average Bonchev–Trinajstić information content (AvgIpc) is 3.24. The van der Waals surface area contributed by atoms with Gasteiger partial charge in [-0.25, -0.2) is 0 Å². The highest BCUT2D eigenvalue weighted by atomic mass is 16.6. The van der Waals surface area contributed by atoms with Crippen molar-refractivity contribution >= 4 is 17.9 Å². The Morgan fingerprint density at radius 1 is 0.492 bits per heavy atom. The first-order valence-electron chi connectivity index (χ1n) is 25.1. The van der Waals surface area contributed by atoms with E-state index < -0.39 is 18.1 Å². The van der Waals surface area contributed by atoms with Crippen LogP contribution in [0.1, 0.15) is 194 Å². The summed E-state index contributed by atoms with van der Waals surface area (Å²) >= 11 is 0. The van der Waals surface area contributed by atoms with Crippen LogP contribution in [0.5, 0.6) is 0 Å². The lowest BCUT2D eigenvalue weighted by Crippen LogP contribution is -2.55. The van der Waals surface area contributed by atoms with Crippen LogP contribution in [0.15, 0.2) is 85.1 Å². The summed E-state index contributed by atoms with van der Waals surface area (Å²) < 4.78 is 17.2. The Hall–Kier alpha value is -3.49. The molecule has 0 heterocycles. The molecule has 0 saturated carbocycles. The number of quaternary nitrogens is 1. The fourth-order valence-electron chi connectivity index (χ4n) is 6.84. The number of hydrogen-bond acceptors (Lipinski definition) is 7. The largest absolute Gasteiger partial charge is 0.544 e. The van der Waals surface area contributed by atoms with Crippen LogP contribution in [0.25, 0.3) is 0 Å². The number of rotatable bonds is 44. The molecule has 0 aromatic carbocycles. The van der Waals surface area contributed by atoms with Crippen LogP contribution >= 0.6 is 0 Å². The number of allylic oxidation sites excluding steroid dienone is 14. The predicted molar refractivity (Wildman–Crippen MR) is 263 cm³/mol. The number of carbonyl (C=O) groups excluding carboxylic acids is 3. The van der Waals surface area contributed by atoms with E-state index in [0.29, 0.717) is 12.8 Å². The van der Waals surface area contributed by atoms with Crippen molar-refractivity contribution in [2.24, 2.45) is 0 Å². The second-order valence-electron chi connectivity index (χ2n) is 17.7. The Labute approximate surface area is 386 Å². The van der Waals surface area contributed by atoms with Gasteiger partial charge >= 0.3 is 11.9 Å². The minimum Gasteiger partial charge on any atom is -0.544 e. The minimum absolute atomic E-state index is 0.0135. The molecule has 8 heteroatoms. The zero-order valence-corrected chi connectivity index (χ0v) is 41.0. The molecule has 0 fully saturated rings. The van der Waals surface area contributed by atoms with Crippen LogP contribution in [0.3, 0.4) is 0 Å². The van der Waals surface area contributed by atoms with E-state index in [9.17, 15) is 19.5 Å². The highest BCUT2D eigenvalue weighted by Crippen LogP contribution is 2.12. The van der Waals surface area contributed by atoms with Gasteiger partial charge in [0.1, 0.15) is 12.6 Å². The Kier molecular flexibility index (Phi) is 42.6. The van der Waals surface area contributed by atoms with Crippen molar-refractivity contribution in [1.29, 1.82) is 0 Å². The number of carbonyl (C=O) groups is 3. The molecule has 2 unspecified atom stereocenters. The smallest absolute Gasteiger partial charge is 0.306 e. The van der Waals surface area contributed by atoms with Crippen molar-refractivity contribution in [3.8, 4) is 0 Å². The molecular formula is C55H93NO7. The summed E-state index contributed by atoms with van der Waals surface area (Å²) in [5, 5.41) is 11.7. The first-order chi connectivity index (χ1) is 30.6. The molecule has 0 amide bonds. The van der Waals surface area contributed by atoms with E-state index in [2.05, 4.69) is 98.9 Å². The standard InChI is InChI=1S/C55H93NO7/c1-6-8-10-12-14-16-18-20-22-24-26-27-28-30-32-34-36-38-40-42-44-46-54(58)63-51(49-61-48-47-52(55(59)60)56(3,4)5)50-62-53(57)45-43-41-39-37-35-33-31-29-25-23-21-19-17-15-13-11-9-7-2/h14,16,20,22-23,25-27,29-32,36,38,51-52H,6-13,15,17-19,21,24,28,33-35,37,39-50H2,1-5H3/b16-14+,22-20+,25-23+,27-26+,31-29+,32-30+,38-36+. The molecule has 8 nitrogen and oxygen atoms in total. The highest BCUT2D eigenvalue weighted by molar-refractivity contribution is 5.70.